The van der Waals surface area contributed by atoms with Gasteiger partial charge in [-0.3, -0.25) is 15.0 Å². The van der Waals surface area contributed by atoms with Gasteiger partial charge in [0, 0.05) is 6.20 Å². The molecule has 6 nitrogen and oxygen atoms in total. The summed E-state index contributed by atoms with van der Waals surface area (Å²) in [5, 5.41) is 11.0. The minimum absolute atomic E-state index is 0.0600. The summed E-state index contributed by atoms with van der Waals surface area (Å²) in [6, 6.07) is -0.531. The normalized spacial score (nSPS) is 24.6. The molecule has 2 N–H and O–H groups in total. The first-order valence-electron chi connectivity index (χ1n) is 5.14. The molecule has 1 aliphatic rings. The summed E-state index contributed by atoms with van der Waals surface area (Å²) < 4.78 is 5.44. The van der Waals surface area contributed by atoms with Gasteiger partial charge in [-0.2, -0.15) is 0 Å². The Morgan fingerprint density at radius 1 is 1.62 bits per heavy atom. The van der Waals surface area contributed by atoms with E-state index in [9.17, 15) is 9.59 Å². The lowest BCUT2D eigenvalue weighted by atomic mass is 10.2. The standard InChI is InChI=1S/C10H16N2O4/c1-2-5-12(10(15)11-7-14)9-4-3-8(6-13)16-9/h2,5,7-9,13H,3-4,6H2,1H3,(H,11,14,15)/b5-2-. The van der Waals surface area contributed by atoms with E-state index in [2.05, 4.69) is 5.32 Å². The number of nitrogens with one attached hydrogen (secondary N) is 1. The van der Waals surface area contributed by atoms with Crippen LogP contribution in [-0.2, 0) is 9.53 Å². The molecule has 0 radical (unpaired) electrons. The van der Waals surface area contributed by atoms with Crippen LogP contribution in [0.4, 0.5) is 4.79 Å². The van der Waals surface area contributed by atoms with E-state index in [1.807, 2.05) is 0 Å². The number of urea groups is 1. The minimum Gasteiger partial charge on any atom is -0.394 e. The third kappa shape index (κ3) is 3.04. The summed E-state index contributed by atoms with van der Waals surface area (Å²) in [6.45, 7) is 1.70. The smallest absolute Gasteiger partial charge is 0.329 e. The van der Waals surface area contributed by atoms with Crippen molar-refractivity contribution >= 4 is 12.4 Å². The number of aliphatic hydroxyl groups is 1. The molecule has 1 aliphatic heterocycles. The van der Waals surface area contributed by atoms with Crippen LogP contribution in [0.2, 0.25) is 0 Å². The number of allylic oxidation sites excluding steroid dienone is 1. The zero-order valence-electron chi connectivity index (χ0n) is 9.13. The number of amides is 3. The highest BCUT2D eigenvalue weighted by molar-refractivity contribution is 5.85. The fraction of sp³-hybridized carbons (Fsp3) is 0.600. The maximum absolute atomic E-state index is 11.5. The molecule has 0 spiro atoms. The fourth-order valence-electron chi connectivity index (χ4n) is 1.61. The first kappa shape index (κ1) is 12.7. The molecule has 6 heteroatoms. The number of ether oxygens (including phenoxy) is 1. The molecule has 1 saturated heterocycles. The van der Waals surface area contributed by atoms with Gasteiger partial charge in [0.25, 0.3) is 0 Å². The van der Waals surface area contributed by atoms with Gasteiger partial charge in [0.1, 0.15) is 6.23 Å². The molecule has 0 aromatic carbocycles. The molecular weight excluding hydrogens is 212 g/mol. The Balaban J connectivity index is 2.63. The maximum atomic E-state index is 11.5. The summed E-state index contributed by atoms with van der Waals surface area (Å²) in [5.74, 6) is 0. The second kappa shape index (κ2) is 6.24. The summed E-state index contributed by atoms with van der Waals surface area (Å²) in [4.78, 5) is 23.0. The first-order chi connectivity index (χ1) is 7.72. The van der Waals surface area contributed by atoms with Gasteiger partial charge in [0.05, 0.1) is 12.7 Å². The number of carbonyl (C=O) groups excluding carboxylic acids is 2. The molecule has 0 bridgehead atoms. The van der Waals surface area contributed by atoms with Crippen LogP contribution >= 0.6 is 0 Å². The molecule has 2 atom stereocenters. The van der Waals surface area contributed by atoms with Gasteiger partial charge in [-0.1, -0.05) is 6.08 Å². The topological polar surface area (TPSA) is 78.9 Å². The van der Waals surface area contributed by atoms with Crippen LogP contribution in [0.3, 0.4) is 0 Å². The molecule has 3 amide bonds. The predicted octanol–water partition coefficient (Wildman–Crippen LogP) is 0.185. The van der Waals surface area contributed by atoms with Crippen molar-refractivity contribution in [1.82, 2.24) is 10.2 Å². The molecular formula is C10H16N2O4. The lowest BCUT2D eigenvalue weighted by Crippen LogP contribution is -2.42. The number of imide groups is 1. The van der Waals surface area contributed by atoms with Crippen molar-refractivity contribution in [2.75, 3.05) is 6.61 Å². The molecule has 0 aromatic rings. The van der Waals surface area contributed by atoms with Crippen molar-refractivity contribution in [3.05, 3.63) is 12.3 Å². The van der Waals surface area contributed by atoms with Crippen LogP contribution in [0, 0.1) is 0 Å². The lowest BCUT2D eigenvalue weighted by Gasteiger charge is -2.24. The Labute approximate surface area is 93.9 Å². The minimum atomic E-state index is -0.531. The molecule has 1 fully saturated rings. The monoisotopic (exact) mass is 228 g/mol. The average Bonchev–Trinajstić information content (AvgIpc) is 2.74. The van der Waals surface area contributed by atoms with Crippen LogP contribution in [-0.4, -0.2) is 41.4 Å². The van der Waals surface area contributed by atoms with Crippen LogP contribution in [0.15, 0.2) is 12.3 Å². The highest BCUT2D eigenvalue weighted by atomic mass is 16.5. The number of hydrogen-bond acceptors (Lipinski definition) is 4. The van der Waals surface area contributed by atoms with E-state index in [1.54, 1.807) is 19.2 Å². The van der Waals surface area contributed by atoms with Gasteiger partial charge in [-0.15, -0.1) is 0 Å². The summed E-state index contributed by atoms with van der Waals surface area (Å²) >= 11 is 0. The van der Waals surface area contributed by atoms with Crippen molar-refractivity contribution < 1.29 is 19.4 Å². The van der Waals surface area contributed by atoms with Gasteiger partial charge in [0.15, 0.2) is 0 Å². The molecule has 0 aliphatic carbocycles. The Hall–Kier alpha value is -1.40. The number of aliphatic hydroxyl groups excluding tert-OH is 1. The predicted molar refractivity (Wildman–Crippen MR) is 56.2 cm³/mol. The van der Waals surface area contributed by atoms with Gasteiger partial charge < -0.3 is 9.84 Å². The van der Waals surface area contributed by atoms with E-state index < -0.39 is 12.3 Å². The van der Waals surface area contributed by atoms with Crippen molar-refractivity contribution in [3.8, 4) is 0 Å². The molecule has 1 rings (SSSR count). The molecule has 2 unspecified atom stereocenters. The van der Waals surface area contributed by atoms with E-state index in [0.29, 0.717) is 19.3 Å². The number of hydrogen-bond donors (Lipinski definition) is 2. The van der Waals surface area contributed by atoms with Crippen LogP contribution in [0.1, 0.15) is 19.8 Å². The highest BCUT2D eigenvalue weighted by Crippen LogP contribution is 2.22. The zero-order valence-corrected chi connectivity index (χ0v) is 9.13. The largest absolute Gasteiger partial charge is 0.394 e. The number of nitrogens with zero attached hydrogens (tertiary/aromatic N) is 1. The maximum Gasteiger partial charge on any atom is 0.329 e. The Bertz CT molecular complexity index is 280. The summed E-state index contributed by atoms with van der Waals surface area (Å²) in [5.41, 5.74) is 0. The first-order valence-corrected chi connectivity index (χ1v) is 5.14. The van der Waals surface area contributed by atoms with Gasteiger partial charge >= 0.3 is 6.03 Å². The molecule has 16 heavy (non-hydrogen) atoms. The van der Waals surface area contributed by atoms with Crippen LogP contribution < -0.4 is 5.32 Å². The molecule has 0 aromatic heterocycles. The highest BCUT2D eigenvalue weighted by Gasteiger charge is 2.31. The van der Waals surface area contributed by atoms with E-state index in [4.69, 9.17) is 9.84 Å². The third-order valence-electron chi connectivity index (χ3n) is 2.33. The Morgan fingerprint density at radius 3 is 2.88 bits per heavy atom. The van der Waals surface area contributed by atoms with Crippen molar-refractivity contribution in [2.24, 2.45) is 0 Å². The Morgan fingerprint density at radius 2 is 2.38 bits per heavy atom. The van der Waals surface area contributed by atoms with E-state index >= 15 is 0 Å². The summed E-state index contributed by atoms with van der Waals surface area (Å²) in [6.07, 6.45) is 4.24. The van der Waals surface area contributed by atoms with Crippen molar-refractivity contribution in [3.63, 3.8) is 0 Å². The molecule has 90 valence electrons. The quantitative estimate of drug-likeness (QED) is 0.673. The second-order valence-corrected chi connectivity index (χ2v) is 3.43. The number of carbonyl (C=O) groups is 2. The zero-order chi connectivity index (χ0) is 12.0. The third-order valence-corrected chi connectivity index (χ3v) is 2.33. The molecule has 1 heterocycles. The van der Waals surface area contributed by atoms with Gasteiger partial charge in [0.2, 0.25) is 6.41 Å². The van der Waals surface area contributed by atoms with E-state index in [0.717, 1.165) is 0 Å². The van der Waals surface area contributed by atoms with E-state index in [1.165, 1.54) is 4.90 Å². The summed E-state index contributed by atoms with van der Waals surface area (Å²) in [7, 11) is 0. The van der Waals surface area contributed by atoms with Crippen molar-refractivity contribution in [2.45, 2.75) is 32.1 Å². The van der Waals surface area contributed by atoms with E-state index in [-0.39, 0.29) is 12.7 Å². The Kier molecular flexibility index (Phi) is 4.94. The lowest BCUT2D eigenvalue weighted by molar-refractivity contribution is -0.109. The average molecular weight is 228 g/mol. The number of rotatable bonds is 4. The van der Waals surface area contributed by atoms with Crippen LogP contribution in [0.25, 0.3) is 0 Å². The fourth-order valence-corrected chi connectivity index (χ4v) is 1.61. The van der Waals surface area contributed by atoms with Gasteiger partial charge in [-0.25, -0.2) is 4.79 Å². The van der Waals surface area contributed by atoms with Crippen LogP contribution in [0.5, 0.6) is 0 Å². The SMILES string of the molecule is C/C=C\N(C(=O)NC=O)C1CCC(CO)O1. The van der Waals surface area contributed by atoms with Crippen molar-refractivity contribution in [1.29, 1.82) is 0 Å². The second-order valence-electron chi connectivity index (χ2n) is 3.43. The molecule has 0 saturated carbocycles. The van der Waals surface area contributed by atoms with Gasteiger partial charge in [-0.05, 0) is 19.8 Å².